The summed E-state index contributed by atoms with van der Waals surface area (Å²) in [6.45, 7) is 0. The Balaban J connectivity index is 2.05. The first kappa shape index (κ1) is 13.3. The minimum atomic E-state index is -1.10. The molecule has 3 N–H and O–H groups in total. The number of pyridine rings is 1. The van der Waals surface area contributed by atoms with Crippen molar-refractivity contribution in [3.63, 3.8) is 0 Å². The fraction of sp³-hybridized carbons (Fsp3) is 0. The van der Waals surface area contributed by atoms with E-state index in [9.17, 15) is 9.59 Å². The number of aromatic nitrogens is 1. The standard InChI is InChI=1S/C11H8ClN3O3S/c12-6-1-3-13-8(5-6)14-11(18)15-9-7(10(16)17)2-4-19-9/h1-5H,(H,16,17)(H2,13,14,15,18). The summed E-state index contributed by atoms with van der Waals surface area (Å²) < 4.78 is 0. The third-order valence-electron chi connectivity index (χ3n) is 2.09. The minimum absolute atomic E-state index is 0.0409. The number of rotatable bonds is 3. The second-order valence-corrected chi connectivity index (χ2v) is 4.76. The fourth-order valence-corrected chi connectivity index (χ4v) is 2.23. The van der Waals surface area contributed by atoms with Gasteiger partial charge in [0.1, 0.15) is 10.8 Å². The van der Waals surface area contributed by atoms with Gasteiger partial charge in [-0.05, 0) is 23.6 Å². The molecule has 8 heteroatoms. The van der Waals surface area contributed by atoms with E-state index >= 15 is 0 Å². The third kappa shape index (κ3) is 3.43. The van der Waals surface area contributed by atoms with Crippen LogP contribution in [0.3, 0.4) is 0 Å². The molecule has 0 aromatic carbocycles. The highest BCUT2D eigenvalue weighted by Crippen LogP contribution is 2.23. The molecule has 19 heavy (non-hydrogen) atoms. The summed E-state index contributed by atoms with van der Waals surface area (Å²) in [5, 5.41) is 16.1. The minimum Gasteiger partial charge on any atom is -0.478 e. The average molecular weight is 298 g/mol. The first-order valence-electron chi connectivity index (χ1n) is 5.06. The van der Waals surface area contributed by atoms with Crippen molar-refractivity contribution in [2.75, 3.05) is 10.6 Å². The lowest BCUT2D eigenvalue weighted by molar-refractivity contribution is 0.0698. The maximum Gasteiger partial charge on any atom is 0.338 e. The van der Waals surface area contributed by atoms with Crippen molar-refractivity contribution < 1.29 is 14.7 Å². The topological polar surface area (TPSA) is 91.3 Å². The number of carbonyl (C=O) groups is 2. The second-order valence-electron chi connectivity index (χ2n) is 3.41. The van der Waals surface area contributed by atoms with Gasteiger partial charge in [-0.3, -0.25) is 10.6 Å². The van der Waals surface area contributed by atoms with Gasteiger partial charge in [-0.15, -0.1) is 11.3 Å². The molecule has 2 amide bonds. The monoisotopic (exact) mass is 297 g/mol. The lowest BCUT2D eigenvalue weighted by atomic mass is 10.3. The van der Waals surface area contributed by atoms with Crippen molar-refractivity contribution in [3.8, 4) is 0 Å². The first-order valence-corrected chi connectivity index (χ1v) is 6.32. The molecule has 2 aromatic heterocycles. The zero-order valence-electron chi connectivity index (χ0n) is 9.38. The van der Waals surface area contributed by atoms with Crippen LogP contribution in [0.2, 0.25) is 5.02 Å². The Labute approximate surface area is 117 Å². The largest absolute Gasteiger partial charge is 0.478 e. The van der Waals surface area contributed by atoms with Crippen molar-refractivity contribution >= 4 is 45.8 Å². The van der Waals surface area contributed by atoms with E-state index in [0.29, 0.717) is 5.02 Å². The molecular formula is C11H8ClN3O3S. The lowest BCUT2D eigenvalue weighted by Gasteiger charge is -2.06. The number of nitrogens with one attached hydrogen (secondary N) is 2. The Morgan fingerprint density at radius 3 is 2.79 bits per heavy atom. The molecule has 2 heterocycles. The summed E-state index contributed by atoms with van der Waals surface area (Å²) in [4.78, 5) is 26.4. The van der Waals surface area contributed by atoms with Crippen LogP contribution in [0.4, 0.5) is 15.6 Å². The van der Waals surface area contributed by atoms with Crippen LogP contribution < -0.4 is 10.6 Å². The van der Waals surface area contributed by atoms with Gasteiger partial charge >= 0.3 is 12.0 Å². The Kier molecular flexibility index (Phi) is 3.98. The van der Waals surface area contributed by atoms with Crippen LogP contribution >= 0.6 is 22.9 Å². The van der Waals surface area contributed by atoms with Crippen molar-refractivity contribution in [1.82, 2.24) is 4.98 Å². The summed E-state index contributed by atoms with van der Waals surface area (Å²) in [5.41, 5.74) is 0.0409. The van der Waals surface area contributed by atoms with E-state index in [-0.39, 0.29) is 16.4 Å². The lowest BCUT2D eigenvalue weighted by Crippen LogP contribution is -2.20. The molecule has 0 fully saturated rings. The second kappa shape index (κ2) is 5.68. The molecule has 0 saturated carbocycles. The van der Waals surface area contributed by atoms with Gasteiger partial charge in [0.2, 0.25) is 0 Å². The number of anilines is 2. The normalized spacial score (nSPS) is 9.95. The predicted molar refractivity (Wildman–Crippen MR) is 73.2 cm³/mol. The van der Waals surface area contributed by atoms with E-state index in [0.717, 1.165) is 11.3 Å². The molecule has 0 aliphatic heterocycles. The van der Waals surface area contributed by atoms with E-state index in [1.54, 1.807) is 11.4 Å². The van der Waals surface area contributed by atoms with Gasteiger partial charge in [0.15, 0.2) is 0 Å². The Bertz CT molecular complexity index is 629. The SMILES string of the molecule is O=C(Nc1cc(Cl)ccn1)Nc1sccc1C(=O)O. The van der Waals surface area contributed by atoms with Crippen molar-refractivity contribution in [3.05, 3.63) is 40.4 Å². The number of aromatic carboxylic acids is 1. The van der Waals surface area contributed by atoms with Crippen molar-refractivity contribution in [1.29, 1.82) is 0 Å². The van der Waals surface area contributed by atoms with Crippen LogP contribution in [0.15, 0.2) is 29.8 Å². The molecule has 0 saturated heterocycles. The van der Waals surface area contributed by atoms with Gasteiger partial charge in [-0.2, -0.15) is 0 Å². The number of hydrogen-bond acceptors (Lipinski definition) is 4. The molecule has 0 atom stereocenters. The van der Waals surface area contributed by atoms with E-state index in [2.05, 4.69) is 15.6 Å². The van der Waals surface area contributed by atoms with Gasteiger partial charge in [0, 0.05) is 11.2 Å². The van der Waals surface area contributed by atoms with E-state index in [1.807, 2.05) is 0 Å². The van der Waals surface area contributed by atoms with Gasteiger partial charge in [-0.25, -0.2) is 14.6 Å². The van der Waals surface area contributed by atoms with Gasteiger partial charge < -0.3 is 5.11 Å². The number of carboxylic acids is 1. The number of urea groups is 1. The molecule has 2 rings (SSSR count). The number of halogens is 1. The number of carbonyl (C=O) groups excluding carboxylic acids is 1. The Morgan fingerprint density at radius 1 is 1.32 bits per heavy atom. The van der Waals surface area contributed by atoms with Crippen molar-refractivity contribution in [2.45, 2.75) is 0 Å². The highest BCUT2D eigenvalue weighted by atomic mass is 35.5. The van der Waals surface area contributed by atoms with Crippen LogP contribution in [-0.2, 0) is 0 Å². The van der Waals surface area contributed by atoms with Crippen LogP contribution in [0.1, 0.15) is 10.4 Å². The van der Waals surface area contributed by atoms with E-state index < -0.39 is 12.0 Å². The summed E-state index contributed by atoms with van der Waals surface area (Å²) in [6, 6.07) is 3.89. The molecule has 6 nitrogen and oxygen atoms in total. The van der Waals surface area contributed by atoms with E-state index in [1.165, 1.54) is 18.3 Å². The molecule has 0 unspecified atom stereocenters. The molecule has 2 aromatic rings. The number of amides is 2. The average Bonchev–Trinajstić information content (AvgIpc) is 2.76. The number of nitrogens with zero attached hydrogens (tertiary/aromatic N) is 1. The molecule has 0 aliphatic rings. The predicted octanol–water partition coefficient (Wildman–Crippen LogP) is 3.14. The van der Waals surface area contributed by atoms with Gasteiger partial charge in [-0.1, -0.05) is 11.6 Å². The first-order chi connectivity index (χ1) is 9.06. The number of carboxylic acid groups (broad SMARTS) is 1. The smallest absolute Gasteiger partial charge is 0.338 e. The molecular weight excluding hydrogens is 290 g/mol. The summed E-state index contributed by atoms with van der Waals surface area (Å²) in [5.74, 6) is -0.823. The fourth-order valence-electron chi connectivity index (χ4n) is 1.30. The summed E-state index contributed by atoms with van der Waals surface area (Å²) in [6.07, 6.45) is 1.45. The zero-order valence-corrected chi connectivity index (χ0v) is 11.0. The third-order valence-corrected chi connectivity index (χ3v) is 3.15. The Morgan fingerprint density at radius 2 is 2.11 bits per heavy atom. The van der Waals surface area contributed by atoms with Crippen LogP contribution in [0.5, 0.6) is 0 Å². The van der Waals surface area contributed by atoms with E-state index in [4.69, 9.17) is 16.7 Å². The summed E-state index contributed by atoms with van der Waals surface area (Å²) in [7, 11) is 0. The number of thiophene rings is 1. The van der Waals surface area contributed by atoms with Crippen LogP contribution in [0.25, 0.3) is 0 Å². The molecule has 98 valence electrons. The Hall–Kier alpha value is -2.12. The molecule has 0 bridgehead atoms. The van der Waals surface area contributed by atoms with Gasteiger partial charge in [0.05, 0.1) is 5.56 Å². The highest BCUT2D eigenvalue weighted by Gasteiger charge is 2.14. The maximum atomic E-state index is 11.7. The molecule has 0 aliphatic carbocycles. The summed E-state index contributed by atoms with van der Waals surface area (Å²) >= 11 is 6.87. The highest BCUT2D eigenvalue weighted by molar-refractivity contribution is 7.14. The maximum absolute atomic E-state index is 11.7. The van der Waals surface area contributed by atoms with Crippen LogP contribution in [0, 0.1) is 0 Å². The number of hydrogen-bond donors (Lipinski definition) is 3. The quantitative estimate of drug-likeness (QED) is 0.811. The van der Waals surface area contributed by atoms with Crippen molar-refractivity contribution in [2.24, 2.45) is 0 Å². The zero-order chi connectivity index (χ0) is 13.8. The van der Waals surface area contributed by atoms with Gasteiger partial charge in [0.25, 0.3) is 0 Å². The molecule has 0 radical (unpaired) electrons. The van der Waals surface area contributed by atoms with Crippen LogP contribution in [-0.4, -0.2) is 22.1 Å². The molecule has 0 spiro atoms.